The Hall–Kier alpha value is -3.49. The molecular formula is C20H23N7O2. The fraction of sp³-hybridized carbons (Fsp3) is 0.350. The first-order valence-corrected chi connectivity index (χ1v) is 9.45. The van der Waals surface area contributed by atoms with Crippen molar-refractivity contribution in [2.45, 2.75) is 13.8 Å². The average molecular weight is 393 g/mol. The second-order valence-corrected chi connectivity index (χ2v) is 6.91. The van der Waals surface area contributed by atoms with Gasteiger partial charge < -0.3 is 14.5 Å². The van der Waals surface area contributed by atoms with Crippen molar-refractivity contribution in [3.05, 3.63) is 53.7 Å². The topological polar surface area (TPSA) is 89.3 Å². The number of carbonyl (C=O) groups excluding carboxylic acids is 1. The summed E-state index contributed by atoms with van der Waals surface area (Å²) in [5, 5.41) is 4.49. The van der Waals surface area contributed by atoms with E-state index in [4.69, 9.17) is 4.74 Å². The lowest BCUT2D eigenvalue weighted by atomic mass is 10.2. The van der Waals surface area contributed by atoms with E-state index in [0.717, 1.165) is 23.0 Å². The zero-order chi connectivity index (χ0) is 20.4. The normalized spacial score (nSPS) is 14.2. The SMILES string of the molecule is COc1ncccc1C(=O)N1CCN(c2cc(-n3nc(C)cc3C)ncn2)CC1. The molecule has 1 amide bonds. The summed E-state index contributed by atoms with van der Waals surface area (Å²) >= 11 is 0. The number of pyridine rings is 1. The van der Waals surface area contributed by atoms with Crippen LogP contribution in [0.1, 0.15) is 21.7 Å². The predicted octanol–water partition coefficient (Wildman–Crippen LogP) is 1.65. The quantitative estimate of drug-likeness (QED) is 0.666. The molecule has 0 spiro atoms. The Balaban J connectivity index is 1.47. The van der Waals surface area contributed by atoms with Crippen molar-refractivity contribution in [2.24, 2.45) is 0 Å². The van der Waals surface area contributed by atoms with E-state index in [-0.39, 0.29) is 5.91 Å². The molecule has 0 radical (unpaired) electrons. The van der Waals surface area contributed by atoms with E-state index in [9.17, 15) is 4.79 Å². The molecule has 4 heterocycles. The molecule has 1 saturated heterocycles. The van der Waals surface area contributed by atoms with Gasteiger partial charge in [-0.15, -0.1) is 0 Å². The summed E-state index contributed by atoms with van der Waals surface area (Å²) in [5.74, 6) is 1.85. The maximum Gasteiger partial charge on any atom is 0.259 e. The van der Waals surface area contributed by atoms with Crippen LogP contribution in [0.3, 0.4) is 0 Å². The van der Waals surface area contributed by atoms with E-state index in [1.54, 1.807) is 24.7 Å². The Labute approximate surface area is 169 Å². The van der Waals surface area contributed by atoms with Crippen LogP contribution < -0.4 is 9.64 Å². The molecule has 29 heavy (non-hydrogen) atoms. The highest BCUT2D eigenvalue weighted by molar-refractivity contribution is 5.96. The van der Waals surface area contributed by atoms with Gasteiger partial charge >= 0.3 is 0 Å². The first-order chi connectivity index (χ1) is 14.1. The summed E-state index contributed by atoms with van der Waals surface area (Å²) in [4.78, 5) is 29.7. The van der Waals surface area contributed by atoms with Crippen molar-refractivity contribution in [3.63, 3.8) is 0 Å². The molecule has 3 aromatic rings. The van der Waals surface area contributed by atoms with Gasteiger partial charge in [-0.05, 0) is 32.0 Å². The lowest BCUT2D eigenvalue weighted by Crippen LogP contribution is -2.49. The van der Waals surface area contributed by atoms with Crippen LogP contribution in [-0.4, -0.2) is 68.8 Å². The minimum atomic E-state index is -0.0689. The van der Waals surface area contributed by atoms with Crippen molar-refractivity contribution in [1.29, 1.82) is 0 Å². The van der Waals surface area contributed by atoms with Gasteiger partial charge in [0.2, 0.25) is 5.88 Å². The third-order valence-corrected chi connectivity index (χ3v) is 4.95. The molecule has 1 aliphatic rings. The van der Waals surface area contributed by atoms with Crippen LogP contribution in [0.2, 0.25) is 0 Å². The summed E-state index contributed by atoms with van der Waals surface area (Å²) in [5.41, 5.74) is 2.45. The highest BCUT2D eigenvalue weighted by atomic mass is 16.5. The Morgan fingerprint density at radius 2 is 1.79 bits per heavy atom. The van der Waals surface area contributed by atoms with Crippen molar-refractivity contribution < 1.29 is 9.53 Å². The zero-order valence-electron chi connectivity index (χ0n) is 16.7. The first-order valence-electron chi connectivity index (χ1n) is 9.45. The molecule has 9 nitrogen and oxygen atoms in total. The number of hydrogen-bond acceptors (Lipinski definition) is 7. The van der Waals surface area contributed by atoms with Crippen molar-refractivity contribution in [3.8, 4) is 11.7 Å². The number of aryl methyl sites for hydroxylation is 2. The van der Waals surface area contributed by atoms with E-state index in [0.29, 0.717) is 37.6 Å². The number of ether oxygens (including phenoxy) is 1. The molecule has 1 aliphatic heterocycles. The van der Waals surface area contributed by atoms with Gasteiger partial charge in [0.15, 0.2) is 5.82 Å². The molecule has 9 heteroatoms. The molecule has 0 aliphatic carbocycles. The van der Waals surface area contributed by atoms with Crippen LogP contribution in [0.25, 0.3) is 5.82 Å². The number of carbonyl (C=O) groups is 1. The monoisotopic (exact) mass is 393 g/mol. The predicted molar refractivity (Wildman–Crippen MR) is 108 cm³/mol. The molecule has 0 unspecified atom stereocenters. The molecule has 3 aromatic heterocycles. The van der Waals surface area contributed by atoms with E-state index in [1.807, 2.05) is 35.6 Å². The number of nitrogens with zero attached hydrogens (tertiary/aromatic N) is 7. The Bertz CT molecular complexity index is 1030. The lowest BCUT2D eigenvalue weighted by molar-refractivity contribution is 0.0742. The van der Waals surface area contributed by atoms with Gasteiger partial charge in [0, 0.05) is 44.1 Å². The molecule has 0 bridgehead atoms. The third kappa shape index (κ3) is 3.75. The van der Waals surface area contributed by atoms with E-state index >= 15 is 0 Å². The molecule has 0 saturated carbocycles. The van der Waals surface area contributed by atoms with Crippen molar-refractivity contribution >= 4 is 11.7 Å². The second kappa shape index (κ2) is 7.86. The number of piperazine rings is 1. The van der Waals surface area contributed by atoms with Crippen LogP contribution in [0.15, 0.2) is 36.8 Å². The van der Waals surface area contributed by atoms with Crippen LogP contribution >= 0.6 is 0 Å². The Kier molecular flexibility index (Phi) is 5.11. The maximum atomic E-state index is 12.9. The van der Waals surface area contributed by atoms with E-state index in [2.05, 4.69) is 25.0 Å². The summed E-state index contributed by atoms with van der Waals surface area (Å²) < 4.78 is 7.03. The van der Waals surface area contributed by atoms with Gasteiger partial charge in [-0.25, -0.2) is 19.6 Å². The minimum absolute atomic E-state index is 0.0689. The van der Waals surface area contributed by atoms with E-state index in [1.165, 1.54) is 7.11 Å². The van der Waals surface area contributed by atoms with Gasteiger partial charge in [0.1, 0.15) is 17.7 Å². The minimum Gasteiger partial charge on any atom is -0.480 e. The number of hydrogen-bond donors (Lipinski definition) is 0. The lowest BCUT2D eigenvalue weighted by Gasteiger charge is -2.35. The standard InChI is InChI=1S/C20H23N7O2/c1-14-11-15(2)27(24-14)18-12-17(22-13-23-18)25-7-9-26(10-8-25)20(28)16-5-4-6-21-19(16)29-3/h4-6,11-13H,7-10H2,1-3H3. The van der Waals surface area contributed by atoms with Gasteiger partial charge in [0.05, 0.1) is 12.8 Å². The van der Waals surface area contributed by atoms with Crippen LogP contribution in [0.5, 0.6) is 5.88 Å². The second-order valence-electron chi connectivity index (χ2n) is 6.91. The third-order valence-electron chi connectivity index (χ3n) is 4.95. The highest BCUT2D eigenvalue weighted by Gasteiger charge is 2.25. The molecule has 0 N–H and O–H groups in total. The molecule has 1 fully saturated rings. The number of anilines is 1. The maximum absolute atomic E-state index is 12.9. The summed E-state index contributed by atoms with van der Waals surface area (Å²) in [6.45, 7) is 6.51. The van der Waals surface area contributed by atoms with Gasteiger partial charge in [-0.1, -0.05) is 0 Å². The van der Waals surface area contributed by atoms with E-state index < -0.39 is 0 Å². The van der Waals surface area contributed by atoms with Crippen molar-refractivity contribution in [2.75, 3.05) is 38.2 Å². The van der Waals surface area contributed by atoms with Crippen LogP contribution in [-0.2, 0) is 0 Å². The average Bonchev–Trinajstić information content (AvgIpc) is 3.11. The largest absolute Gasteiger partial charge is 0.480 e. The fourth-order valence-corrected chi connectivity index (χ4v) is 3.51. The number of aromatic nitrogens is 5. The summed E-state index contributed by atoms with van der Waals surface area (Å²) in [7, 11) is 1.52. The molecule has 0 atom stereocenters. The summed E-state index contributed by atoms with van der Waals surface area (Å²) in [6, 6.07) is 7.43. The summed E-state index contributed by atoms with van der Waals surface area (Å²) in [6.07, 6.45) is 3.17. The van der Waals surface area contributed by atoms with Crippen molar-refractivity contribution in [1.82, 2.24) is 29.6 Å². The first kappa shape index (κ1) is 18.9. The molecular weight excluding hydrogens is 370 g/mol. The Morgan fingerprint density at radius 3 is 2.48 bits per heavy atom. The Morgan fingerprint density at radius 1 is 1.03 bits per heavy atom. The van der Waals surface area contributed by atoms with Gasteiger partial charge in [-0.2, -0.15) is 5.10 Å². The molecule has 4 rings (SSSR count). The zero-order valence-corrected chi connectivity index (χ0v) is 16.7. The molecule has 150 valence electrons. The van der Waals surface area contributed by atoms with Gasteiger partial charge in [-0.3, -0.25) is 4.79 Å². The smallest absolute Gasteiger partial charge is 0.259 e. The molecule has 0 aromatic carbocycles. The highest BCUT2D eigenvalue weighted by Crippen LogP contribution is 2.20. The van der Waals surface area contributed by atoms with Crippen LogP contribution in [0, 0.1) is 13.8 Å². The fourth-order valence-electron chi connectivity index (χ4n) is 3.51. The van der Waals surface area contributed by atoms with Crippen LogP contribution in [0.4, 0.5) is 5.82 Å². The number of amides is 1. The number of methoxy groups -OCH3 is 1. The number of rotatable bonds is 4. The van der Waals surface area contributed by atoms with Gasteiger partial charge in [0.25, 0.3) is 5.91 Å².